The number of halogens is 2. The van der Waals surface area contributed by atoms with Gasteiger partial charge in [0.15, 0.2) is 0 Å². The highest BCUT2D eigenvalue weighted by Crippen LogP contribution is 2.42. The van der Waals surface area contributed by atoms with Gasteiger partial charge in [-0.2, -0.15) is 0 Å². The van der Waals surface area contributed by atoms with Gasteiger partial charge >= 0.3 is 0 Å². The van der Waals surface area contributed by atoms with Crippen molar-refractivity contribution in [2.24, 2.45) is 5.92 Å². The van der Waals surface area contributed by atoms with Gasteiger partial charge in [0, 0.05) is 12.3 Å². The van der Waals surface area contributed by atoms with Crippen LogP contribution in [-0.2, 0) is 0 Å². The van der Waals surface area contributed by atoms with Crippen molar-refractivity contribution in [2.45, 2.75) is 25.7 Å². The summed E-state index contributed by atoms with van der Waals surface area (Å²) in [5.41, 5.74) is 0. The van der Waals surface area contributed by atoms with Gasteiger partial charge in [0.05, 0.1) is 0 Å². The van der Waals surface area contributed by atoms with Crippen molar-refractivity contribution in [1.29, 1.82) is 0 Å². The van der Waals surface area contributed by atoms with Crippen molar-refractivity contribution < 1.29 is 8.78 Å². The highest BCUT2D eigenvalue weighted by Gasteiger charge is 2.44. The molecule has 1 fully saturated rings. The van der Waals surface area contributed by atoms with E-state index in [1.54, 1.807) is 6.92 Å². The molecule has 1 saturated carbocycles. The van der Waals surface area contributed by atoms with Crippen LogP contribution in [0, 0.1) is 5.92 Å². The van der Waals surface area contributed by atoms with E-state index in [1.807, 2.05) is 0 Å². The quantitative estimate of drug-likeness (QED) is 0.443. The normalized spacial score (nSPS) is 37.3. The Hall–Kier alpha value is -0.140. The van der Waals surface area contributed by atoms with Gasteiger partial charge in [-0.15, -0.1) is 0 Å². The Kier molecular flexibility index (Phi) is 0.839. The van der Waals surface area contributed by atoms with Crippen molar-refractivity contribution in [3.05, 3.63) is 0 Å². The van der Waals surface area contributed by atoms with Gasteiger partial charge in [-0.05, 0) is 6.42 Å². The molecule has 0 N–H and O–H groups in total. The molecule has 0 amide bonds. The van der Waals surface area contributed by atoms with Gasteiger partial charge in [0.25, 0.3) is 5.92 Å². The third-order valence-electron chi connectivity index (χ3n) is 1.63. The molecule has 0 bridgehead atoms. The molecule has 1 unspecified atom stereocenters. The van der Waals surface area contributed by atoms with Crippen LogP contribution in [0.5, 0.6) is 0 Å². The van der Waals surface area contributed by atoms with Crippen LogP contribution in [0.1, 0.15) is 19.8 Å². The Morgan fingerprint density at radius 3 is 2.00 bits per heavy atom. The van der Waals surface area contributed by atoms with E-state index in [0.717, 1.165) is 0 Å². The Morgan fingerprint density at radius 2 is 2.00 bits per heavy atom. The molecule has 1 aliphatic carbocycles. The first-order chi connectivity index (χ1) is 3.13. The van der Waals surface area contributed by atoms with Crippen LogP contribution in [-0.4, -0.2) is 5.92 Å². The molecule has 1 atom stereocenters. The standard InChI is InChI=1S/C5H8F2/c1-4-2-3-5(4,6)7/h4H,2-3H2,1H3. The molecule has 0 aliphatic heterocycles. The second kappa shape index (κ2) is 1.17. The highest BCUT2D eigenvalue weighted by atomic mass is 19.3. The largest absolute Gasteiger partial charge is 0.250 e. The van der Waals surface area contributed by atoms with Crippen molar-refractivity contribution in [2.75, 3.05) is 0 Å². The molecule has 1 rings (SSSR count). The maximum Gasteiger partial charge on any atom is 0.250 e. The molecule has 0 aromatic heterocycles. The van der Waals surface area contributed by atoms with Gasteiger partial charge in [0.1, 0.15) is 0 Å². The summed E-state index contributed by atoms with van der Waals surface area (Å²) in [6.07, 6.45) is 0.807. The maximum absolute atomic E-state index is 11.9. The van der Waals surface area contributed by atoms with E-state index in [2.05, 4.69) is 0 Å². The summed E-state index contributed by atoms with van der Waals surface area (Å²) < 4.78 is 23.9. The average molecular weight is 106 g/mol. The predicted octanol–water partition coefficient (Wildman–Crippen LogP) is 2.05. The molecule has 1 aliphatic rings. The molecule has 0 heterocycles. The van der Waals surface area contributed by atoms with Gasteiger partial charge in [-0.25, -0.2) is 8.78 Å². The molecular formula is C5H8F2. The van der Waals surface area contributed by atoms with E-state index in [4.69, 9.17) is 0 Å². The zero-order valence-corrected chi connectivity index (χ0v) is 4.25. The molecule has 0 radical (unpaired) electrons. The Morgan fingerprint density at radius 1 is 1.57 bits per heavy atom. The highest BCUT2D eigenvalue weighted by molar-refractivity contribution is 4.84. The summed E-state index contributed by atoms with van der Waals surface area (Å²) in [5, 5.41) is 0. The van der Waals surface area contributed by atoms with Gasteiger partial charge in [-0.3, -0.25) is 0 Å². The fourth-order valence-electron chi connectivity index (χ4n) is 0.651. The fraction of sp³-hybridized carbons (Fsp3) is 1.00. The van der Waals surface area contributed by atoms with Crippen LogP contribution >= 0.6 is 0 Å². The second-order valence-corrected chi connectivity index (χ2v) is 2.20. The lowest BCUT2D eigenvalue weighted by molar-refractivity contribution is -0.124. The first kappa shape index (κ1) is 5.01. The van der Waals surface area contributed by atoms with E-state index in [0.29, 0.717) is 6.42 Å². The molecule has 0 aromatic rings. The summed E-state index contributed by atoms with van der Waals surface area (Å²) >= 11 is 0. The number of hydrogen-bond acceptors (Lipinski definition) is 0. The van der Waals surface area contributed by atoms with Crippen LogP contribution in [0.3, 0.4) is 0 Å². The van der Waals surface area contributed by atoms with Gasteiger partial charge in [0.2, 0.25) is 0 Å². The molecule has 0 aromatic carbocycles. The topological polar surface area (TPSA) is 0 Å². The number of rotatable bonds is 0. The SMILES string of the molecule is CC1CCC1(F)F. The van der Waals surface area contributed by atoms with Crippen molar-refractivity contribution in [1.82, 2.24) is 0 Å². The minimum Gasteiger partial charge on any atom is -0.207 e. The number of alkyl halides is 2. The van der Waals surface area contributed by atoms with Crippen LogP contribution in [0.25, 0.3) is 0 Å². The van der Waals surface area contributed by atoms with Crippen LogP contribution in [0.15, 0.2) is 0 Å². The lowest BCUT2D eigenvalue weighted by Crippen LogP contribution is -2.36. The molecule has 0 saturated heterocycles. The van der Waals surface area contributed by atoms with E-state index in [1.165, 1.54) is 0 Å². The fourth-order valence-corrected chi connectivity index (χ4v) is 0.651. The van der Waals surface area contributed by atoms with E-state index >= 15 is 0 Å². The Bertz CT molecular complexity index is 78.1. The predicted molar refractivity (Wildman–Crippen MR) is 23.3 cm³/mol. The molecule has 42 valence electrons. The summed E-state index contributed by atoms with van der Waals surface area (Å²) in [5.74, 6) is -2.67. The second-order valence-electron chi connectivity index (χ2n) is 2.20. The molecular weight excluding hydrogens is 98.1 g/mol. The first-order valence-corrected chi connectivity index (χ1v) is 2.51. The van der Waals surface area contributed by atoms with E-state index in [-0.39, 0.29) is 12.3 Å². The van der Waals surface area contributed by atoms with Crippen LogP contribution in [0.4, 0.5) is 8.78 Å². The van der Waals surface area contributed by atoms with Crippen molar-refractivity contribution in [3.8, 4) is 0 Å². The monoisotopic (exact) mass is 106 g/mol. The third-order valence-corrected chi connectivity index (χ3v) is 1.63. The maximum atomic E-state index is 11.9. The first-order valence-electron chi connectivity index (χ1n) is 2.51. The zero-order valence-electron chi connectivity index (χ0n) is 4.25. The summed E-state index contributed by atoms with van der Waals surface area (Å²) in [7, 11) is 0. The molecule has 7 heavy (non-hydrogen) atoms. The third kappa shape index (κ3) is 0.621. The lowest BCUT2D eigenvalue weighted by atomic mass is 9.83. The summed E-state index contributed by atoms with van der Waals surface area (Å²) in [6, 6.07) is 0. The van der Waals surface area contributed by atoms with Gasteiger partial charge < -0.3 is 0 Å². The van der Waals surface area contributed by atoms with E-state index in [9.17, 15) is 8.78 Å². The summed E-state index contributed by atoms with van der Waals surface area (Å²) in [4.78, 5) is 0. The average Bonchev–Trinajstić information content (AvgIpc) is 1.63. The van der Waals surface area contributed by atoms with Crippen molar-refractivity contribution >= 4 is 0 Å². The Labute approximate surface area is 41.5 Å². The summed E-state index contributed by atoms with van der Waals surface area (Å²) in [6.45, 7) is 1.59. The molecule has 0 nitrogen and oxygen atoms in total. The minimum absolute atomic E-state index is 0.105. The van der Waals surface area contributed by atoms with Crippen molar-refractivity contribution in [3.63, 3.8) is 0 Å². The number of hydrogen-bond donors (Lipinski definition) is 0. The minimum atomic E-state index is -2.32. The Balaban J connectivity index is 2.43. The molecule has 0 spiro atoms. The van der Waals surface area contributed by atoms with Gasteiger partial charge in [-0.1, -0.05) is 6.92 Å². The van der Waals surface area contributed by atoms with Crippen LogP contribution < -0.4 is 0 Å². The smallest absolute Gasteiger partial charge is 0.207 e. The lowest BCUT2D eigenvalue weighted by Gasteiger charge is -2.32. The van der Waals surface area contributed by atoms with Crippen LogP contribution in [0.2, 0.25) is 0 Å². The zero-order chi connectivity index (χ0) is 5.49. The van der Waals surface area contributed by atoms with E-state index < -0.39 is 5.92 Å². The molecule has 2 heteroatoms.